The summed E-state index contributed by atoms with van der Waals surface area (Å²) in [5.41, 5.74) is 1.36. The molecule has 1 aliphatic rings. The first-order chi connectivity index (χ1) is 10.1. The summed E-state index contributed by atoms with van der Waals surface area (Å²) in [4.78, 5) is 22.3. The first-order valence-corrected chi connectivity index (χ1v) is 7.92. The van der Waals surface area contributed by atoms with Gasteiger partial charge in [-0.25, -0.2) is 9.59 Å². The molecule has 2 rings (SSSR count). The van der Waals surface area contributed by atoms with Gasteiger partial charge in [0.15, 0.2) is 0 Å². The average Bonchev–Trinajstić information content (AvgIpc) is 2.97. The quantitative estimate of drug-likeness (QED) is 0.731. The molecule has 0 saturated carbocycles. The highest BCUT2D eigenvalue weighted by Crippen LogP contribution is 2.22. The lowest BCUT2D eigenvalue weighted by atomic mass is 10.1. The number of thioether (sulfide) groups is 1. The van der Waals surface area contributed by atoms with Crippen LogP contribution < -0.4 is 10.6 Å². The zero-order valence-corrected chi connectivity index (χ0v) is 12.4. The van der Waals surface area contributed by atoms with E-state index in [1.165, 1.54) is 11.8 Å². The Hall–Kier alpha value is -1.95. The molecule has 2 amide bonds. The molecule has 5 nitrogen and oxygen atoms in total. The summed E-state index contributed by atoms with van der Waals surface area (Å²) >= 11 is 1.92. The van der Waals surface area contributed by atoms with Crippen molar-refractivity contribution in [2.45, 2.75) is 6.42 Å². The Morgan fingerprint density at radius 3 is 3.00 bits per heavy atom. The minimum Gasteiger partial charge on any atom is -0.478 e. The molecule has 1 unspecified atom stereocenters. The van der Waals surface area contributed by atoms with Gasteiger partial charge in [0.25, 0.3) is 0 Å². The normalized spacial score (nSPS) is 17.8. The van der Waals surface area contributed by atoms with Gasteiger partial charge in [0, 0.05) is 18.3 Å². The number of carboxylic acid groups (broad SMARTS) is 1. The smallest absolute Gasteiger partial charge is 0.328 e. The highest BCUT2D eigenvalue weighted by molar-refractivity contribution is 7.99. The monoisotopic (exact) mass is 306 g/mol. The summed E-state index contributed by atoms with van der Waals surface area (Å²) < 4.78 is 0. The van der Waals surface area contributed by atoms with Crippen molar-refractivity contribution in [2.75, 3.05) is 23.4 Å². The van der Waals surface area contributed by atoms with Crippen LogP contribution in [0.1, 0.15) is 12.0 Å². The minimum absolute atomic E-state index is 0.230. The zero-order chi connectivity index (χ0) is 15.1. The van der Waals surface area contributed by atoms with Crippen LogP contribution in [-0.4, -0.2) is 35.2 Å². The van der Waals surface area contributed by atoms with E-state index in [-0.39, 0.29) is 6.03 Å². The van der Waals surface area contributed by atoms with Gasteiger partial charge in [0.05, 0.1) is 0 Å². The summed E-state index contributed by atoms with van der Waals surface area (Å²) in [6.07, 6.45) is 3.71. The predicted octanol–water partition coefficient (Wildman–Crippen LogP) is 2.66. The van der Waals surface area contributed by atoms with E-state index >= 15 is 0 Å². The third kappa shape index (κ3) is 5.51. The predicted molar refractivity (Wildman–Crippen MR) is 85.6 cm³/mol. The van der Waals surface area contributed by atoms with Crippen LogP contribution in [-0.2, 0) is 4.79 Å². The second-order valence-electron chi connectivity index (χ2n) is 4.86. The molecule has 0 aromatic heterocycles. The number of amides is 2. The number of hydrogen-bond donors (Lipinski definition) is 3. The molecule has 6 heteroatoms. The van der Waals surface area contributed by atoms with E-state index in [1.54, 1.807) is 24.3 Å². The van der Waals surface area contributed by atoms with Gasteiger partial charge < -0.3 is 15.7 Å². The topological polar surface area (TPSA) is 78.4 Å². The summed E-state index contributed by atoms with van der Waals surface area (Å²) in [6, 6.07) is 6.81. The van der Waals surface area contributed by atoms with E-state index in [0.29, 0.717) is 18.2 Å². The van der Waals surface area contributed by atoms with Crippen molar-refractivity contribution in [2.24, 2.45) is 5.92 Å². The number of benzene rings is 1. The number of urea groups is 1. The van der Waals surface area contributed by atoms with Gasteiger partial charge >= 0.3 is 12.0 Å². The minimum atomic E-state index is -1.000. The third-order valence-corrected chi connectivity index (χ3v) is 4.37. The number of carboxylic acids is 1. The molecule has 0 radical (unpaired) electrons. The van der Waals surface area contributed by atoms with Crippen molar-refractivity contribution >= 4 is 35.5 Å². The summed E-state index contributed by atoms with van der Waals surface area (Å²) in [5.74, 6) is 1.84. The molecular formula is C15H18N2O3S. The summed E-state index contributed by atoms with van der Waals surface area (Å²) in [7, 11) is 0. The Labute approximate surface area is 127 Å². The van der Waals surface area contributed by atoms with Crippen molar-refractivity contribution in [1.29, 1.82) is 0 Å². The standard InChI is InChI=1S/C15H18N2O3S/c18-14(19)5-4-11-2-1-3-13(8-11)17-15(20)16-9-12-6-7-21-10-12/h1-5,8,12H,6-7,9-10H2,(H,18,19)(H2,16,17,20)/b5-4+. The van der Waals surface area contributed by atoms with Crippen LogP contribution in [0.4, 0.5) is 10.5 Å². The van der Waals surface area contributed by atoms with Gasteiger partial charge in [0.1, 0.15) is 0 Å². The molecule has 1 aliphatic heterocycles. The first kappa shape index (κ1) is 15.4. The Morgan fingerprint density at radius 1 is 1.43 bits per heavy atom. The van der Waals surface area contributed by atoms with E-state index in [2.05, 4.69) is 10.6 Å². The molecule has 1 atom stereocenters. The number of nitrogens with one attached hydrogen (secondary N) is 2. The lowest BCUT2D eigenvalue weighted by molar-refractivity contribution is -0.131. The fourth-order valence-corrected chi connectivity index (χ4v) is 3.33. The number of aliphatic carboxylic acids is 1. The fraction of sp³-hybridized carbons (Fsp3) is 0.333. The van der Waals surface area contributed by atoms with Gasteiger partial charge in [-0.2, -0.15) is 11.8 Å². The molecule has 112 valence electrons. The third-order valence-electron chi connectivity index (χ3n) is 3.14. The maximum Gasteiger partial charge on any atom is 0.328 e. The Morgan fingerprint density at radius 2 is 2.29 bits per heavy atom. The van der Waals surface area contributed by atoms with E-state index in [1.807, 2.05) is 11.8 Å². The maximum atomic E-state index is 11.8. The van der Waals surface area contributed by atoms with Crippen molar-refractivity contribution < 1.29 is 14.7 Å². The molecule has 1 saturated heterocycles. The van der Waals surface area contributed by atoms with Gasteiger partial charge in [-0.15, -0.1) is 0 Å². The number of carbonyl (C=O) groups excluding carboxylic acids is 1. The van der Waals surface area contributed by atoms with Gasteiger partial charge in [-0.1, -0.05) is 12.1 Å². The molecule has 1 fully saturated rings. The van der Waals surface area contributed by atoms with Crippen molar-refractivity contribution in [3.63, 3.8) is 0 Å². The molecule has 21 heavy (non-hydrogen) atoms. The number of anilines is 1. The molecule has 1 heterocycles. The van der Waals surface area contributed by atoms with Crippen LogP contribution >= 0.6 is 11.8 Å². The molecule has 0 bridgehead atoms. The Bertz CT molecular complexity index is 539. The van der Waals surface area contributed by atoms with E-state index in [0.717, 1.165) is 23.8 Å². The SMILES string of the molecule is O=C(O)/C=C/c1cccc(NC(=O)NCC2CCSC2)c1. The Kier molecular flexibility index (Phi) is 5.68. The van der Waals surface area contributed by atoms with Crippen molar-refractivity contribution in [1.82, 2.24) is 5.32 Å². The molecule has 1 aromatic carbocycles. The van der Waals surface area contributed by atoms with Gasteiger partial charge in [0.2, 0.25) is 0 Å². The van der Waals surface area contributed by atoms with Crippen LogP contribution in [0, 0.1) is 5.92 Å². The van der Waals surface area contributed by atoms with Crippen molar-refractivity contribution in [3.8, 4) is 0 Å². The number of hydrogen-bond acceptors (Lipinski definition) is 3. The van der Waals surface area contributed by atoms with Crippen LogP contribution in [0.2, 0.25) is 0 Å². The van der Waals surface area contributed by atoms with Gasteiger partial charge in [-0.3, -0.25) is 0 Å². The Balaban J connectivity index is 1.85. The maximum absolute atomic E-state index is 11.8. The summed E-state index contributed by atoms with van der Waals surface area (Å²) in [5, 5.41) is 14.2. The highest BCUT2D eigenvalue weighted by atomic mass is 32.2. The first-order valence-electron chi connectivity index (χ1n) is 6.77. The molecule has 3 N–H and O–H groups in total. The highest BCUT2D eigenvalue weighted by Gasteiger charge is 2.15. The fourth-order valence-electron chi connectivity index (χ4n) is 2.04. The lowest BCUT2D eigenvalue weighted by Crippen LogP contribution is -2.33. The van der Waals surface area contributed by atoms with E-state index in [9.17, 15) is 9.59 Å². The lowest BCUT2D eigenvalue weighted by Gasteiger charge is -2.11. The number of rotatable bonds is 5. The average molecular weight is 306 g/mol. The largest absolute Gasteiger partial charge is 0.478 e. The molecule has 0 spiro atoms. The second kappa shape index (κ2) is 7.73. The molecule has 0 aliphatic carbocycles. The van der Waals surface area contributed by atoms with Crippen LogP contribution in [0.15, 0.2) is 30.3 Å². The van der Waals surface area contributed by atoms with Crippen molar-refractivity contribution in [3.05, 3.63) is 35.9 Å². The van der Waals surface area contributed by atoms with E-state index in [4.69, 9.17) is 5.11 Å². The zero-order valence-electron chi connectivity index (χ0n) is 11.5. The molecule has 1 aromatic rings. The second-order valence-corrected chi connectivity index (χ2v) is 6.01. The van der Waals surface area contributed by atoms with Crippen LogP contribution in [0.25, 0.3) is 6.08 Å². The van der Waals surface area contributed by atoms with Crippen LogP contribution in [0.3, 0.4) is 0 Å². The number of carbonyl (C=O) groups is 2. The van der Waals surface area contributed by atoms with Gasteiger partial charge in [-0.05, 0) is 47.6 Å². The molecular weight excluding hydrogens is 288 g/mol. The summed E-state index contributed by atoms with van der Waals surface area (Å²) in [6.45, 7) is 0.692. The van der Waals surface area contributed by atoms with Crippen LogP contribution in [0.5, 0.6) is 0 Å². The van der Waals surface area contributed by atoms with E-state index < -0.39 is 5.97 Å².